The normalized spacial score (nSPS) is 14.2. The van der Waals surface area contributed by atoms with Crippen molar-refractivity contribution in [3.05, 3.63) is 228 Å². The molecule has 10 rings (SSSR count). The van der Waals surface area contributed by atoms with Gasteiger partial charge in [-0.3, -0.25) is 0 Å². The highest BCUT2D eigenvalue weighted by Gasteiger charge is 2.46. The molecule has 1 aliphatic rings. The molecule has 0 fully saturated rings. The molecule has 0 radical (unpaired) electrons. The highest BCUT2D eigenvalue weighted by atomic mass is 15.2. The summed E-state index contributed by atoms with van der Waals surface area (Å²) in [6, 6.07) is 58.7. The van der Waals surface area contributed by atoms with Crippen LogP contribution >= 0.6 is 0 Å². The van der Waals surface area contributed by atoms with Crippen molar-refractivity contribution in [1.29, 1.82) is 0 Å². The first-order chi connectivity index (χ1) is 27.4. The minimum atomic E-state index is -0.707. The van der Waals surface area contributed by atoms with Gasteiger partial charge in [-0.1, -0.05) is 158 Å². The van der Waals surface area contributed by atoms with E-state index in [1.54, 1.807) is 0 Å². The zero-order chi connectivity index (χ0) is 38.1. The molecule has 1 aromatic heterocycles. The molecule has 1 aliphatic carbocycles. The molecule has 0 amide bonds. The van der Waals surface area contributed by atoms with Crippen LogP contribution in [-0.2, 0) is 5.41 Å². The van der Waals surface area contributed by atoms with Crippen molar-refractivity contribution < 1.29 is 6.85 Å². The lowest BCUT2D eigenvalue weighted by Gasteiger charge is -2.35. The molecule has 8 aromatic carbocycles. The van der Waals surface area contributed by atoms with Crippen LogP contribution in [0.15, 0.2) is 206 Å². The van der Waals surface area contributed by atoms with E-state index in [2.05, 4.69) is 120 Å². The van der Waals surface area contributed by atoms with Crippen LogP contribution in [0.1, 0.15) is 29.1 Å². The number of aromatic nitrogens is 1. The SMILES string of the molecule is [2H]c1c([2H])c([2H])c(N(c2cccc(C3(c4ccccc4)c4ccccc4-c4ccccc43)c2)c2cccc3c4ccccc4n(-c4ccccc4)c23)c([2H])c1[2H]. The van der Waals surface area contributed by atoms with Crippen molar-refractivity contribution in [2.75, 3.05) is 4.90 Å². The Morgan fingerprint density at radius 3 is 1.80 bits per heavy atom. The summed E-state index contributed by atoms with van der Waals surface area (Å²) in [5.41, 5.74) is 10.3. The third kappa shape index (κ3) is 4.36. The molecule has 9 aromatic rings. The first kappa shape index (κ1) is 24.5. The summed E-state index contributed by atoms with van der Waals surface area (Å²) >= 11 is 0. The second-order valence-corrected chi connectivity index (χ2v) is 12.9. The maximum absolute atomic E-state index is 9.36. The van der Waals surface area contributed by atoms with E-state index < -0.39 is 23.5 Å². The number of nitrogens with zero attached hydrogens (tertiary/aromatic N) is 2. The van der Waals surface area contributed by atoms with E-state index >= 15 is 0 Å². The summed E-state index contributed by atoms with van der Waals surface area (Å²) in [6.07, 6.45) is 0. The van der Waals surface area contributed by atoms with E-state index in [9.17, 15) is 2.74 Å². The first-order valence-corrected chi connectivity index (χ1v) is 17.2. The number of benzene rings is 8. The van der Waals surface area contributed by atoms with Gasteiger partial charge in [0.1, 0.15) is 0 Å². The van der Waals surface area contributed by atoms with Gasteiger partial charge in [0.25, 0.3) is 0 Å². The van der Waals surface area contributed by atoms with Gasteiger partial charge in [0, 0.05) is 27.8 Å². The molecule has 240 valence electrons. The molecule has 0 atom stereocenters. The van der Waals surface area contributed by atoms with Crippen LogP contribution in [0, 0.1) is 0 Å². The largest absolute Gasteiger partial charge is 0.308 e. The molecule has 0 N–H and O–H groups in total. The Kier molecular flexibility index (Phi) is 5.64. The maximum atomic E-state index is 9.36. The average Bonchev–Trinajstić information content (AvgIpc) is 3.76. The Balaban J connectivity index is 1.34. The fourth-order valence-corrected chi connectivity index (χ4v) is 8.36. The molecule has 1 heterocycles. The second kappa shape index (κ2) is 11.8. The monoisotopic (exact) mass is 655 g/mol. The van der Waals surface area contributed by atoms with Gasteiger partial charge in [0.2, 0.25) is 0 Å². The Hall–Kier alpha value is -6.64. The molecule has 0 unspecified atom stereocenters. The average molecular weight is 656 g/mol. The molecule has 0 saturated carbocycles. The molecule has 0 spiro atoms. The summed E-state index contributed by atoms with van der Waals surface area (Å²) in [4.78, 5) is 1.87. The summed E-state index contributed by atoms with van der Waals surface area (Å²) in [7, 11) is 0. The van der Waals surface area contributed by atoms with Crippen molar-refractivity contribution in [2.24, 2.45) is 0 Å². The number of rotatable bonds is 6. The predicted octanol–water partition coefficient (Wildman–Crippen LogP) is 12.6. The van der Waals surface area contributed by atoms with E-state index in [4.69, 9.17) is 4.11 Å². The number of anilines is 3. The van der Waals surface area contributed by atoms with Crippen LogP contribution in [0.3, 0.4) is 0 Å². The van der Waals surface area contributed by atoms with E-state index in [1.807, 2.05) is 65.6 Å². The fourth-order valence-electron chi connectivity index (χ4n) is 8.36. The molecular formula is C49H34N2. The highest BCUT2D eigenvalue weighted by Crippen LogP contribution is 2.56. The lowest BCUT2D eigenvalue weighted by atomic mass is 9.67. The van der Waals surface area contributed by atoms with Crippen molar-refractivity contribution >= 4 is 38.9 Å². The van der Waals surface area contributed by atoms with Gasteiger partial charge < -0.3 is 9.47 Å². The lowest BCUT2D eigenvalue weighted by molar-refractivity contribution is 0.768. The highest BCUT2D eigenvalue weighted by molar-refractivity contribution is 6.14. The Morgan fingerprint density at radius 2 is 1.06 bits per heavy atom. The van der Waals surface area contributed by atoms with Gasteiger partial charge in [0.15, 0.2) is 0 Å². The van der Waals surface area contributed by atoms with Gasteiger partial charge in [-0.2, -0.15) is 0 Å². The van der Waals surface area contributed by atoms with E-state index in [-0.39, 0.29) is 17.8 Å². The van der Waals surface area contributed by atoms with Crippen LogP contribution in [0.5, 0.6) is 0 Å². The number of hydrogen-bond donors (Lipinski definition) is 0. The standard InChI is InChI=1S/C49H34N2/c1-4-18-35(19-5-1)49(44-30-13-10-26-40(44)41-27-11-14-31-45(41)49)36-20-16-25-39(34-36)50(37-21-6-2-7-22-37)47-33-17-29-43-42-28-12-15-32-46(42)51(48(43)47)38-23-8-3-9-24-38/h1-34H/i2D,6D,7D,21D,22D. The predicted molar refractivity (Wildman–Crippen MR) is 213 cm³/mol. The Morgan fingerprint density at radius 1 is 0.471 bits per heavy atom. The Bertz CT molecular complexity index is 2920. The number of hydrogen-bond acceptors (Lipinski definition) is 1. The van der Waals surface area contributed by atoms with Crippen molar-refractivity contribution in [3.63, 3.8) is 0 Å². The minimum Gasteiger partial charge on any atom is -0.308 e. The summed E-state index contributed by atoms with van der Waals surface area (Å²) in [6.45, 7) is 0. The second-order valence-electron chi connectivity index (χ2n) is 12.9. The van der Waals surface area contributed by atoms with Crippen LogP contribution in [0.25, 0.3) is 38.6 Å². The van der Waals surface area contributed by atoms with Crippen molar-refractivity contribution in [2.45, 2.75) is 5.41 Å². The molecule has 0 bridgehead atoms. The van der Waals surface area contributed by atoms with Crippen LogP contribution in [0.4, 0.5) is 17.1 Å². The summed E-state index contributed by atoms with van der Waals surface area (Å²) < 4.78 is 47.1. The topological polar surface area (TPSA) is 8.17 Å². The van der Waals surface area contributed by atoms with E-state index in [1.165, 1.54) is 0 Å². The maximum Gasteiger partial charge on any atom is 0.0782 e. The zero-order valence-electron chi connectivity index (χ0n) is 32.6. The minimum absolute atomic E-state index is 0.0755. The van der Waals surface area contributed by atoms with Crippen molar-refractivity contribution in [3.8, 4) is 16.8 Å². The molecule has 51 heavy (non-hydrogen) atoms. The first-order valence-electron chi connectivity index (χ1n) is 19.7. The molecule has 0 aliphatic heterocycles. The zero-order valence-corrected chi connectivity index (χ0v) is 27.6. The molecule has 0 saturated heterocycles. The van der Waals surface area contributed by atoms with Crippen LogP contribution in [0.2, 0.25) is 0 Å². The third-order valence-corrected chi connectivity index (χ3v) is 10.3. The summed E-state index contributed by atoms with van der Waals surface area (Å²) in [5, 5.41) is 2.03. The van der Waals surface area contributed by atoms with Gasteiger partial charge in [-0.05, 0) is 81.9 Å². The smallest absolute Gasteiger partial charge is 0.0782 e. The quantitative estimate of drug-likeness (QED) is 0.173. The van der Waals surface area contributed by atoms with Crippen molar-refractivity contribution in [1.82, 2.24) is 4.57 Å². The van der Waals surface area contributed by atoms with Gasteiger partial charge in [0.05, 0.1) is 29.0 Å². The lowest BCUT2D eigenvalue weighted by Crippen LogP contribution is -2.28. The number of para-hydroxylation sites is 4. The van der Waals surface area contributed by atoms with Gasteiger partial charge in [-0.15, -0.1) is 0 Å². The van der Waals surface area contributed by atoms with Crippen LogP contribution < -0.4 is 4.90 Å². The van der Waals surface area contributed by atoms with E-state index in [0.717, 1.165) is 60.9 Å². The molecule has 2 nitrogen and oxygen atoms in total. The third-order valence-electron chi connectivity index (χ3n) is 10.3. The fraction of sp³-hybridized carbons (Fsp3) is 0.0204. The Labute approximate surface area is 305 Å². The molecule has 2 heteroatoms. The van der Waals surface area contributed by atoms with Gasteiger partial charge >= 0.3 is 0 Å². The van der Waals surface area contributed by atoms with E-state index in [0.29, 0.717) is 11.4 Å². The molecular weight excluding hydrogens is 617 g/mol. The van der Waals surface area contributed by atoms with Crippen LogP contribution in [-0.4, -0.2) is 4.57 Å². The van der Waals surface area contributed by atoms with Gasteiger partial charge in [-0.25, -0.2) is 0 Å². The summed E-state index contributed by atoms with van der Waals surface area (Å²) in [5.74, 6) is 0. The number of fused-ring (bicyclic) bond motifs is 6.